The summed E-state index contributed by atoms with van der Waals surface area (Å²) in [6.07, 6.45) is 4.88. The minimum absolute atomic E-state index is 0.0105. The van der Waals surface area contributed by atoms with Crippen LogP contribution in [0.15, 0.2) is 77.7 Å². The summed E-state index contributed by atoms with van der Waals surface area (Å²) in [4.78, 5) is 28.7. The maximum Gasteiger partial charge on any atom is 0.264 e. The molecule has 230 valence electrons. The van der Waals surface area contributed by atoms with Gasteiger partial charge >= 0.3 is 0 Å². The fourth-order valence-electron chi connectivity index (χ4n) is 5.20. The fourth-order valence-corrected chi connectivity index (χ4v) is 6.62. The highest BCUT2D eigenvalue weighted by atomic mass is 32.2. The molecule has 1 atom stereocenters. The van der Waals surface area contributed by atoms with Crippen molar-refractivity contribution in [3.05, 3.63) is 89.7 Å². The Bertz CT molecular complexity index is 1490. The molecule has 0 bridgehead atoms. The average molecular weight is 610 g/mol. The molecule has 2 amide bonds. The minimum atomic E-state index is -4.20. The second-order valence-corrected chi connectivity index (χ2v) is 12.7. The number of rotatable bonds is 12. The fraction of sp³-hybridized carbons (Fsp3) is 0.394. The zero-order valence-electron chi connectivity index (χ0n) is 25.0. The Balaban J connectivity index is 1.68. The Morgan fingerprint density at radius 1 is 0.977 bits per heavy atom. The Kier molecular flexibility index (Phi) is 10.8. The van der Waals surface area contributed by atoms with Crippen LogP contribution < -0.4 is 14.4 Å². The number of halogens is 1. The van der Waals surface area contributed by atoms with Gasteiger partial charge in [0.25, 0.3) is 10.0 Å². The summed E-state index contributed by atoms with van der Waals surface area (Å²) in [6, 6.07) is 17.9. The SMILES string of the molecule is CCOc1ccc(N(CC(=O)N(Cc2ccccc2F)[C@H](C)C(=O)NC2CCCCC2)S(=O)(=O)c2ccc(C)cc2)cc1. The van der Waals surface area contributed by atoms with Crippen molar-refractivity contribution < 1.29 is 27.1 Å². The summed E-state index contributed by atoms with van der Waals surface area (Å²) >= 11 is 0. The summed E-state index contributed by atoms with van der Waals surface area (Å²) in [5.41, 5.74) is 1.36. The molecule has 10 heteroatoms. The van der Waals surface area contributed by atoms with Crippen molar-refractivity contribution in [1.29, 1.82) is 0 Å². The molecule has 0 saturated heterocycles. The molecule has 0 spiro atoms. The van der Waals surface area contributed by atoms with Gasteiger partial charge in [-0.25, -0.2) is 12.8 Å². The van der Waals surface area contributed by atoms with Crippen LogP contribution in [0.25, 0.3) is 0 Å². The van der Waals surface area contributed by atoms with Crippen molar-refractivity contribution in [3.8, 4) is 5.75 Å². The Hall–Kier alpha value is -3.92. The molecule has 0 radical (unpaired) electrons. The van der Waals surface area contributed by atoms with Gasteiger partial charge in [0.15, 0.2) is 0 Å². The number of sulfonamides is 1. The van der Waals surface area contributed by atoms with Crippen LogP contribution in [0.4, 0.5) is 10.1 Å². The predicted octanol–water partition coefficient (Wildman–Crippen LogP) is 5.59. The lowest BCUT2D eigenvalue weighted by Crippen LogP contribution is -2.53. The second-order valence-electron chi connectivity index (χ2n) is 10.9. The first-order valence-corrected chi connectivity index (χ1v) is 16.2. The molecule has 43 heavy (non-hydrogen) atoms. The van der Waals surface area contributed by atoms with Crippen LogP contribution in [-0.4, -0.2) is 50.4 Å². The molecule has 1 aliphatic carbocycles. The maximum atomic E-state index is 14.8. The van der Waals surface area contributed by atoms with Crippen molar-refractivity contribution in [2.24, 2.45) is 0 Å². The van der Waals surface area contributed by atoms with E-state index in [0.29, 0.717) is 12.4 Å². The third-order valence-electron chi connectivity index (χ3n) is 7.74. The van der Waals surface area contributed by atoms with Crippen LogP contribution in [0.3, 0.4) is 0 Å². The van der Waals surface area contributed by atoms with Gasteiger partial charge in [0.05, 0.1) is 17.2 Å². The number of benzene rings is 3. The summed E-state index contributed by atoms with van der Waals surface area (Å²) in [6.45, 7) is 4.93. The van der Waals surface area contributed by atoms with Crippen LogP contribution in [0.5, 0.6) is 5.75 Å². The molecule has 0 heterocycles. The molecule has 1 N–H and O–H groups in total. The van der Waals surface area contributed by atoms with Crippen molar-refractivity contribution in [2.75, 3.05) is 17.5 Å². The van der Waals surface area contributed by atoms with Gasteiger partial charge < -0.3 is 15.0 Å². The van der Waals surface area contributed by atoms with Crippen molar-refractivity contribution in [1.82, 2.24) is 10.2 Å². The van der Waals surface area contributed by atoms with Crippen molar-refractivity contribution in [3.63, 3.8) is 0 Å². The van der Waals surface area contributed by atoms with E-state index in [4.69, 9.17) is 4.74 Å². The van der Waals surface area contributed by atoms with E-state index in [1.165, 1.54) is 23.1 Å². The second kappa shape index (κ2) is 14.5. The standard InChI is InChI=1S/C33H40FN3O5S/c1-4-42-29-18-16-28(17-19-29)37(43(40,41)30-20-14-24(2)15-21-30)23-32(38)36(22-26-10-8-9-13-31(26)34)25(3)33(39)35-27-11-6-5-7-12-27/h8-10,13-21,25,27H,4-7,11-12,22-23H2,1-3H3,(H,35,39)/t25-/m1/s1. The van der Waals surface area contributed by atoms with E-state index in [1.807, 2.05) is 13.8 Å². The summed E-state index contributed by atoms with van der Waals surface area (Å²) < 4.78 is 49.3. The number of anilines is 1. The number of carbonyl (C=O) groups is 2. The Morgan fingerprint density at radius 3 is 2.26 bits per heavy atom. The maximum absolute atomic E-state index is 14.8. The number of carbonyl (C=O) groups excluding carboxylic acids is 2. The highest BCUT2D eigenvalue weighted by Crippen LogP contribution is 2.27. The number of hydrogen-bond acceptors (Lipinski definition) is 5. The first-order chi connectivity index (χ1) is 20.6. The lowest BCUT2D eigenvalue weighted by Gasteiger charge is -2.33. The third kappa shape index (κ3) is 8.13. The van der Waals surface area contributed by atoms with E-state index >= 15 is 0 Å². The summed E-state index contributed by atoms with van der Waals surface area (Å²) in [7, 11) is -4.20. The van der Waals surface area contributed by atoms with Gasteiger partial charge in [0, 0.05) is 18.2 Å². The number of nitrogens with zero attached hydrogens (tertiary/aromatic N) is 2. The van der Waals surface area contributed by atoms with E-state index in [9.17, 15) is 22.4 Å². The quantitative estimate of drug-likeness (QED) is 0.289. The smallest absolute Gasteiger partial charge is 0.264 e. The number of hydrogen-bond donors (Lipinski definition) is 1. The van der Waals surface area contributed by atoms with E-state index in [0.717, 1.165) is 42.0 Å². The van der Waals surface area contributed by atoms with Crippen LogP contribution in [0.2, 0.25) is 0 Å². The van der Waals surface area contributed by atoms with Crippen LogP contribution in [-0.2, 0) is 26.2 Å². The highest BCUT2D eigenvalue weighted by Gasteiger charge is 2.33. The lowest BCUT2D eigenvalue weighted by atomic mass is 9.95. The zero-order valence-corrected chi connectivity index (χ0v) is 25.8. The predicted molar refractivity (Wildman–Crippen MR) is 165 cm³/mol. The van der Waals surface area contributed by atoms with E-state index < -0.39 is 34.3 Å². The number of amides is 2. The molecule has 0 aromatic heterocycles. The molecule has 1 aliphatic rings. The number of nitrogens with one attached hydrogen (secondary N) is 1. The molecule has 0 unspecified atom stereocenters. The van der Waals surface area contributed by atoms with Crippen molar-refractivity contribution in [2.45, 2.75) is 76.4 Å². The van der Waals surface area contributed by atoms with Crippen LogP contribution >= 0.6 is 0 Å². The molecule has 8 nitrogen and oxygen atoms in total. The molecule has 3 aromatic rings. The van der Waals surface area contributed by atoms with Crippen LogP contribution in [0.1, 0.15) is 57.1 Å². The topological polar surface area (TPSA) is 96.0 Å². The molecular formula is C33H40FN3O5S. The highest BCUT2D eigenvalue weighted by molar-refractivity contribution is 7.92. The Morgan fingerprint density at radius 2 is 1.63 bits per heavy atom. The lowest BCUT2D eigenvalue weighted by molar-refractivity contribution is -0.139. The summed E-state index contributed by atoms with van der Waals surface area (Å²) in [5.74, 6) is -0.958. The monoisotopic (exact) mass is 609 g/mol. The molecule has 4 rings (SSSR count). The number of aryl methyl sites for hydroxylation is 1. The van der Waals surface area contributed by atoms with Gasteiger partial charge in [0.2, 0.25) is 11.8 Å². The molecule has 3 aromatic carbocycles. The summed E-state index contributed by atoms with van der Waals surface area (Å²) in [5, 5.41) is 3.05. The van der Waals surface area contributed by atoms with E-state index in [1.54, 1.807) is 61.5 Å². The largest absolute Gasteiger partial charge is 0.494 e. The first-order valence-electron chi connectivity index (χ1n) is 14.8. The minimum Gasteiger partial charge on any atom is -0.494 e. The average Bonchev–Trinajstić information content (AvgIpc) is 3.00. The van der Waals surface area contributed by atoms with E-state index in [2.05, 4.69) is 5.32 Å². The molecule has 1 saturated carbocycles. The van der Waals surface area contributed by atoms with Gasteiger partial charge in [0.1, 0.15) is 24.2 Å². The van der Waals surface area contributed by atoms with E-state index in [-0.39, 0.29) is 34.6 Å². The van der Waals surface area contributed by atoms with Gasteiger partial charge in [-0.15, -0.1) is 0 Å². The van der Waals surface area contributed by atoms with Crippen molar-refractivity contribution >= 4 is 27.5 Å². The van der Waals surface area contributed by atoms with Gasteiger partial charge in [-0.05, 0) is 76.1 Å². The molecule has 0 aliphatic heterocycles. The third-order valence-corrected chi connectivity index (χ3v) is 9.53. The molecule has 1 fully saturated rings. The van der Waals surface area contributed by atoms with Gasteiger partial charge in [-0.2, -0.15) is 0 Å². The first kappa shape index (κ1) is 32.0. The van der Waals surface area contributed by atoms with Gasteiger partial charge in [-0.1, -0.05) is 55.2 Å². The number of ether oxygens (including phenoxy) is 1. The van der Waals surface area contributed by atoms with Gasteiger partial charge in [-0.3, -0.25) is 13.9 Å². The molecular weight excluding hydrogens is 569 g/mol. The zero-order chi connectivity index (χ0) is 31.0. The van der Waals surface area contributed by atoms with Crippen LogP contribution in [0, 0.1) is 12.7 Å². The Labute approximate surface area is 253 Å². The normalized spacial score (nSPS) is 14.5.